The summed E-state index contributed by atoms with van der Waals surface area (Å²) in [7, 11) is 0. The Bertz CT molecular complexity index is 303. The summed E-state index contributed by atoms with van der Waals surface area (Å²) in [5.74, 6) is -0.355. The molecule has 4 heteroatoms. The van der Waals surface area contributed by atoms with E-state index in [0.717, 1.165) is 0 Å². The Kier molecular flexibility index (Phi) is 3.76. The highest BCUT2D eigenvalue weighted by atomic mass is 32.1. The second-order valence-electron chi connectivity index (χ2n) is 2.46. The van der Waals surface area contributed by atoms with Crippen LogP contribution in [0.2, 0.25) is 0 Å². The van der Waals surface area contributed by atoms with Gasteiger partial charge < -0.3 is 5.32 Å². The molecule has 70 valence electrons. The highest BCUT2D eigenvalue weighted by Crippen LogP contribution is 2.05. The summed E-state index contributed by atoms with van der Waals surface area (Å²) in [5.41, 5.74) is 0.0734. The first-order valence-corrected chi connectivity index (χ1v) is 4.52. The Morgan fingerprint density at radius 2 is 2.15 bits per heavy atom. The highest BCUT2D eigenvalue weighted by molar-refractivity contribution is 7.80. The Labute approximate surface area is 81.6 Å². The number of amides is 1. The Balaban J connectivity index is 2.71. The third-order valence-electron chi connectivity index (χ3n) is 1.52. The van der Waals surface area contributed by atoms with Crippen molar-refractivity contribution in [3.63, 3.8) is 0 Å². The van der Waals surface area contributed by atoms with Gasteiger partial charge in [0.2, 0.25) is 0 Å². The minimum atomic E-state index is -0.501. The molecular weight excluding hydrogens is 189 g/mol. The molecule has 0 unspecified atom stereocenters. The maximum absolute atomic E-state index is 13.0. The molecule has 0 atom stereocenters. The number of rotatable bonds is 3. The van der Waals surface area contributed by atoms with Crippen LogP contribution < -0.4 is 5.32 Å². The van der Waals surface area contributed by atoms with Gasteiger partial charge in [-0.3, -0.25) is 4.79 Å². The van der Waals surface area contributed by atoms with Gasteiger partial charge >= 0.3 is 0 Å². The summed E-state index contributed by atoms with van der Waals surface area (Å²) < 4.78 is 13.0. The van der Waals surface area contributed by atoms with E-state index in [0.29, 0.717) is 12.3 Å². The summed E-state index contributed by atoms with van der Waals surface area (Å²) in [4.78, 5) is 11.2. The van der Waals surface area contributed by atoms with E-state index in [-0.39, 0.29) is 5.56 Å². The summed E-state index contributed by atoms with van der Waals surface area (Å²) in [6.45, 7) is 0.441. The van der Waals surface area contributed by atoms with E-state index in [9.17, 15) is 9.18 Å². The standard InChI is InChI=1S/C9H10FNOS/c10-8-4-2-1-3-7(8)9(12)11-5-6-13/h1-4,13H,5-6H2,(H,11,12). The lowest BCUT2D eigenvalue weighted by Crippen LogP contribution is -2.26. The molecule has 0 bridgehead atoms. The van der Waals surface area contributed by atoms with Crippen LogP contribution in [0.5, 0.6) is 0 Å². The number of halogens is 1. The fraction of sp³-hybridized carbons (Fsp3) is 0.222. The number of hydrogen-bond acceptors (Lipinski definition) is 2. The number of carbonyl (C=O) groups excluding carboxylic acids is 1. The van der Waals surface area contributed by atoms with Crippen molar-refractivity contribution in [3.8, 4) is 0 Å². The summed E-state index contributed by atoms with van der Waals surface area (Å²) in [6, 6.07) is 5.88. The molecule has 0 spiro atoms. The van der Waals surface area contributed by atoms with E-state index in [1.807, 2.05) is 0 Å². The molecule has 0 aliphatic heterocycles. The van der Waals surface area contributed by atoms with E-state index in [1.165, 1.54) is 12.1 Å². The zero-order valence-electron chi connectivity index (χ0n) is 6.96. The predicted octanol–water partition coefficient (Wildman–Crippen LogP) is 1.49. The van der Waals surface area contributed by atoms with Gasteiger partial charge in [-0.05, 0) is 12.1 Å². The second-order valence-corrected chi connectivity index (χ2v) is 2.91. The summed E-state index contributed by atoms with van der Waals surface area (Å²) >= 11 is 3.93. The molecule has 1 aromatic carbocycles. The van der Waals surface area contributed by atoms with Crippen LogP contribution >= 0.6 is 12.6 Å². The van der Waals surface area contributed by atoms with Gasteiger partial charge in [0.25, 0.3) is 5.91 Å². The highest BCUT2D eigenvalue weighted by Gasteiger charge is 2.08. The lowest BCUT2D eigenvalue weighted by atomic mass is 10.2. The van der Waals surface area contributed by atoms with Gasteiger partial charge in [-0.2, -0.15) is 12.6 Å². The number of benzene rings is 1. The molecule has 13 heavy (non-hydrogen) atoms. The third-order valence-corrected chi connectivity index (χ3v) is 1.74. The van der Waals surface area contributed by atoms with Crippen LogP contribution in [0, 0.1) is 5.82 Å². The van der Waals surface area contributed by atoms with Crippen LogP contribution in [0.1, 0.15) is 10.4 Å². The maximum atomic E-state index is 13.0. The molecule has 2 nitrogen and oxygen atoms in total. The molecule has 1 aromatic rings. The molecule has 1 rings (SSSR count). The Morgan fingerprint density at radius 3 is 2.77 bits per heavy atom. The average Bonchev–Trinajstić information content (AvgIpc) is 2.15. The molecule has 0 aliphatic carbocycles. The van der Waals surface area contributed by atoms with Gasteiger partial charge in [0, 0.05) is 12.3 Å². The zero-order valence-corrected chi connectivity index (χ0v) is 7.85. The fourth-order valence-electron chi connectivity index (χ4n) is 0.910. The van der Waals surface area contributed by atoms with Crippen LogP contribution in [0.25, 0.3) is 0 Å². The van der Waals surface area contributed by atoms with Gasteiger partial charge in [0.15, 0.2) is 0 Å². The van der Waals surface area contributed by atoms with Crippen molar-refractivity contribution in [2.75, 3.05) is 12.3 Å². The van der Waals surface area contributed by atoms with Crippen molar-refractivity contribution in [1.82, 2.24) is 5.32 Å². The fourth-order valence-corrected chi connectivity index (χ4v) is 1.02. The van der Waals surface area contributed by atoms with Crippen LogP contribution in [-0.4, -0.2) is 18.2 Å². The van der Waals surface area contributed by atoms with Crippen LogP contribution in [0.4, 0.5) is 4.39 Å². The lowest BCUT2D eigenvalue weighted by Gasteiger charge is -2.03. The minimum absolute atomic E-state index is 0.0734. The second kappa shape index (κ2) is 4.87. The molecule has 1 N–H and O–H groups in total. The van der Waals surface area contributed by atoms with Crippen molar-refractivity contribution < 1.29 is 9.18 Å². The average molecular weight is 199 g/mol. The molecule has 0 aromatic heterocycles. The first-order valence-electron chi connectivity index (χ1n) is 3.89. The molecule has 1 amide bonds. The Morgan fingerprint density at radius 1 is 1.46 bits per heavy atom. The first kappa shape index (κ1) is 10.1. The predicted molar refractivity (Wildman–Crippen MR) is 52.6 cm³/mol. The quantitative estimate of drug-likeness (QED) is 0.709. The number of hydrogen-bond donors (Lipinski definition) is 2. The smallest absolute Gasteiger partial charge is 0.254 e. The minimum Gasteiger partial charge on any atom is -0.351 e. The summed E-state index contributed by atoms with van der Waals surface area (Å²) in [6.07, 6.45) is 0. The van der Waals surface area contributed by atoms with Crippen LogP contribution in [0.15, 0.2) is 24.3 Å². The van der Waals surface area contributed by atoms with Crippen molar-refractivity contribution in [2.24, 2.45) is 0 Å². The SMILES string of the molecule is O=C(NCCS)c1ccccc1F. The van der Waals surface area contributed by atoms with Crippen molar-refractivity contribution in [2.45, 2.75) is 0 Å². The molecular formula is C9H10FNOS. The van der Waals surface area contributed by atoms with Gasteiger partial charge in [-0.1, -0.05) is 12.1 Å². The van der Waals surface area contributed by atoms with Gasteiger partial charge in [-0.25, -0.2) is 4.39 Å². The van der Waals surface area contributed by atoms with E-state index < -0.39 is 11.7 Å². The number of carbonyl (C=O) groups is 1. The lowest BCUT2D eigenvalue weighted by molar-refractivity contribution is 0.0952. The van der Waals surface area contributed by atoms with Crippen molar-refractivity contribution in [1.29, 1.82) is 0 Å². The van der Waals surface area contributed by atoms with Crippen LogP contribution in [0.3, 0.4) is 0 Å². The Hall–Kier alpha value is -1.03. The molecule has 0 saturated heterocycles. The van der Waals surface area contributed by atoms with Gasteiger partial charge in [0.1, 0.15) is 5.82 Å². The normalized spacial score (nSPS) is 9.69. The van der Waals surface area contributed by atoms with E-state index in [2.05, 4.69) is 17.9 Å². The van der Waals surface area contributed by atoms with E-state index >= 15 is 0 Å². The third kappa shape index (κ3) is 2.73. The topological polar surface area (TPSA) is 29.1 Å². The zero-order chi connectivity index (χ0) is 9.68. The van der Waals surface area contributed by atoms with Crippen molar-refractivity contribution in [3.05, 3.63) is 35.6 Å². The molecule has 0 fully saturated rings. The molecule has 0 heterocycles. The van der Waals surface area contributed by atoms with Crippen molar-refractivity contribution >= 4 is 18.5 Å². The molecule has 0 radical (unpaired) electrons. The largest absolute Gasteiger partial charge is 0.351 e. The molecule has 0 aliphatic rings. The van der Waals surface area contributed by atoms with E-state index in [1.54, 1.807) is 12.1 Å². The maximum Gasteiger partial charge on any atom is 0.254 e. The van der Waals surface area contributed by atoms with Gasteiger partial charge in [-0.15, -0.1) is 0 Å². The van der Waals surface area contributed by atoms with Crippen LogP contribution in [-0.2, 0) is 0 Å². The summed E-state index contributed by atoms with van der Waals surface area (Å²) in [5, 5.41) is 2.53. The van der Waals surface area contributed by atoms with E-state index in [4.69, 9.17) is 0 Å². The first-order chi connectivity index (χ1) is 6.25. The molecule has 0 saturated carbocycles. The number of thiol groups is 1. The van der Waals surface area contributed by atoms with Gasteiger partial charge in [0.05, 0.1) is 5.56 Å². The monoisotopic (exact) mass is 199 g/mol. The number of nitrogens with one attached hydrogen (secondary N) is 1.